The molecule has 1 aromatic rings. The van der Waals surface area contributed by atoms with Crippen LogP contribution >= 0.6 is 0 Å². The van der Waals surface area contributed by atoms with Crippen molar-refractivity contribution in [2.45, 2.75) is 12.2 Å². The zero-order valence-corrected chi connectivity index (χ0v) is 7.03. The summed E-state index contributed by atoms with van der Waals surface area (Å²) in [6.07, 6.45) is 7.35. The van der Waals surface area contributed by atoms with Crippen LogP contribution < -0.4 is 10.4 Å². The van der Waals surface area contributed by atoms with E-state index >= 15 is 0 Å². The third-order valence-electron chi connectivity index (χ3n) is 3.04. The second-order valence-corrected chi connectivity index (χ2v) is 3.79. The van der Waals surface area contributed by atoms with Crippen molar-refractivity contribution in [1.29, 1.82) is 0 Å². The van der Waals surface area contributed by atoms with Gasteiger partial charge < -0.3 is 4.74 Å². The molecule has 4 rings (SSSR count). The number of hydrogen-bond acceptors (Lipinski definition) is 1. The van der Waals surface area contributed by atoms with E-state index in [-0.39, 0.29) is 0 Å². The van der Waals surface area contributed by atoms with E-state index in [2.05, 4.69) is 36.4 Å². The van der Waals surface area contributed by atoms with E-state index in [0.717, 1.165) is 0 Å². The first-order chi connectivity index (χ1) is 6.43. The van der Waals surface area contributed by atoms with E-state index in [0.29, 0.717) is 12.2 Å². The lowest BCUT2D eigenvalue weighted by molar-refractivity contribution is 0.424. The van der Waals surface area contributed by atoms with Crippen LogP contribution in [0.5, 0.6) is 0 Å². The van der Waals surface area contributed by atoms with Gasteiger partial charge in [-0.15, -0.1) is 0 Å². The van der Waals surface area contributed by atoms with Crippen LogP contribution in [0.25, 0.3) is 17.7 Å². The molecular formula is C12H8O. The zero-order chi connectivity index (χ0) is 8.41. The Hall–Kier alpha value is -1.34. The van der Waals surface area contributed by atoms with Gasteiger partial charge >= 0.3 is 0 Å². The second-order valence-electron chi connectivity index (χ2n) is 3.79. The summed E-state index contributed by atoms with van der Waals surface area (Å²) in [7, 11) is 0. The molecule has 1 heteroatoms. The minimum Gasteiger partial charge on any atom is -0.360 e. The highest BCUT2D eigenvalue weighted by atomic mass is 16.6. The van der Waals surface area contributed by atoms with Gasteiger partial charge in [-0.2, -0.15) is 0 Å². The van der Waals surface area contributed by atoms with Gasteiger partial charge in [-0.1, -0.05) is 30.4 Å². The Kier molecular flexibility index (Phi) is 0.843. The van der Waals surface area contributed by atoms with Crippen molar-refractivity contribution in [3.63, 3.8) is 0 Å². The number of rotatable bonds is 0. The molecule has 2 aliphatic carbocycles. The van der Waals surface area contributed by atoms with Crippen LogP contribution in [0.15, 0.2) is 24.3 Å². The molecular weight excluding hydrogens is 160 g/mol. The normalized spacial score (nSPS) is 30.9. The third kappa shape index (κ3) is 0.629. The Morgan fingerprint density at radius 3 is 3.15 bits per heavy atom. The summed E-state index contributed by atoms with van der Waals surface area (Å²) in [5.74, 6) is 0. The van der Waals surface area contributed by atoms with Gasteiger partial charge in [0.25, 0.3) is 0 Å². The molecule has 2 atom stereocenters. The van der Waals surface area contributed by atoms with Crippen molar-refractivity contribution >= 4 is 17.7 Å². The van der Waals surface area contributed by atoms with Crippen LogP contribution in [0.3, 0.4) is 0 Å². The van der Waals surface area contributed by atoms with Crippen LogP contribution in [0, 0.1) is 0 Å². The molecule has 0 aromatic heterocycles. The standard InChI is InChI=1S/C12H8O/c1-2-7-4-5-9-11(7)8(3-1)6-10-12(9)13-10/h1-6,10,12H. The highest BCUT2D eigenvalue weighted by Gasteiger charge is 2.42. The molecule has 0 radical (unpaired) electrons. The van der Waals surface area contributed by atoms with Crippen LogP contribution in [0.2, 0.25) is 0 Å². The summed E-state index contributed by atoms with van der Waals surface area (Å²) >= 11 is 0. The van der Waals surface area contributed by atoms with Crippen molar-refractivity contribution in [2.24, 2.45) is 0 Å². The fourth-order valence-corrected chi connectivity index (χ4v) is 2.38. The van der Waals surface area contributed by atoms with Crippen molar-refractivity contribution < 1.29 is 4.74 Å². The minimum absolute atomic E-state index is 0.362. The number of fused-ring (bicyclic) bond motifs is 2. The van der Waals surface area contributed by atoms with Crippen molar-refractivity contribution in [3.8, 4) is 0 Å². The van der Waals surface area contributed by atoms with Gasteiger partial charge in [-0.25, -0.2) is 0 Å². The molecule has 0 amide bonds. The van der Waals surface area contributed by atoms with Crippen LogP contribution in [0.4, 0.5) is 0 Å². The molecule has 0 saturated carbocycles. The molecule has 13 heavy (non-hydrogen) atoms. The van der Waals surface area contributed by atoms with E-state index in [1.54, 1.807) is 0 Å². The molecule has 1 aliphatic heterocycles. The maximum absolute atomic E-state index is 5.55. The highest BCUT2D eigenvalue weighted by molar-refractivity contribution is 5.82. The summed E-state index contributed by atoms with van der Waals surface area (Å²) in [6, 6.07) is 6.45. The molecule has 0 spiro atoms. The summed E-state index contributed by atoms with van der Waals surface area (Å²) in [5.41, 5.74) is 2.73. The summed E-state index contributed by atoms with van der Waals surface area (Å²) in [6.45, 7) is 0. The van der Waals surface area contributed by atoms with E-state index in [1.165, 1.54) is 21.6 Å². The Morgan fingerprint density at radius 2 is 2.15 bits per heavy atom. The van der Waals surface area contributed by atoms with E-state index in [9.17, 15) is 0 Å². The predicted octanol–water partition coefficient (Wildman–Crippen LogP) is 0.426. The maximum Gasteiger partial charge on any atom is 0.114 e. The Bertz CT molecular complexity index is 551. The molecule has 3 aliphatic rings. The zero-order valence-electron chi connectivity index (χ0n) is 7.03. The molecule has 0 bridgehead atoms. The minimum atomic E-state index is 0.362. The lowest BCUT2D eigenvalue weighted by Crippen LogP contribution is -2.32. The van der Waals surface area contributed by atoms with Gasteiger partial charge in [0.2, 0.25) is 0 Å². The first kappa shape index (κ1) is 6.17. The van der Waals surface area contributed by atoms with Gasteiger partial charge in [0.15, 0.2) is 0 Å². The largest absolute Gasteiger partial charge is 0.360 e. The number of epoxide rings is 1. The molecule has 1 aromatic carbocycles. The lowest BCUT2D eigenvalue weighted by atomic mass is 10.0. The average Bonchev–Trinajstić information content (AvgIpc) is 2.79. The Balaban J connectivity index is 2.32. The van der Waals surface area contributed by atoms with Crippen LogP contribution in [-0.2, 0) is 4.74 Å². The summed E-state index contributed by atoms with van der Waals surface area (Å²) in [4.78, 5) is 0. The molecule has 0 N–H and O–H groups in total. The third-order valence-corrected chi connectivity index (χ3v) is 3.04. The number of hydrogen-bond donors (Lipinski definition) is 0. The molecule has 1 saturated heterocycles. The fraction of sp³-hybridized carbons (Fsp3) is 0.167. The van der Waals surface area contributed by atoms with Crippen molar-refractivity contribution in [1.82, 2.24) is 0 Å². The van der Waals surface area contributed by atoms with Gasteiger partial charge in [0.1, 0.15) is 12.2 Å². The van der Waals surface area contributed by atoms with Gasteiger partial charge in [-0.05, 0) is 27.6 Å². The van der Waals surface area contributed by atoms with Gasteiger partial charge in [0.05, 0.1) is 0 Å². The predicted molar refractivity (Wildman–Crippen MR) is 51.3 cm³/mol. The highest BCUT2D eigenvalue weighted by Crippen LogP contribution is 2.34. The lowest BCUT2D eigenvalue weighted by Gasteiger charge is -2.00. The molecule has 1 fully saturated rings. The van der Waals surface area contributed by atoms with Crippen LogP contribution in [-0.4, -0.2) is 12.2 Å². The number of benzene rings is 1. The molecule has 2 unspecified atom stereocenters. The van der Waals surface area contributed by atoms with Gasteiger partial charge in [-0.3, -0.25) is 0 Å². The molecule has 1 heterocycles. The molecule has 1 nitrogen and oxygen atoms in total. The number of ether oxygens (including phenoxy) is 1. The van der Waals surface area contributed by atoms with Gasteiger partial charge in [0, 0.05) is 0 Å². The smallest absolute Gasteiger partial charge is 0.114 e. The fourth-order valence-electron chi connectivity index (χ4n) is 2.38. The average molecular weight is 168 g/mol. The van der Waals surface area contributed by atoms with E-state index < -0.39 is 0 Å². The summed E-state index contributed by atoms with van der Waals surface area (Å²) < 4.78 is 5.55. The first-order valence-electron chi connectivity index (χ1n) is 4.62. The second kappa shape index (κ2) is 1.78. The quantitative estimate of drug-likeness (QED) is 0.512. The molecule has 62 valence electrons. The first-order valence-corrected chi connectivity index (χ1v) is 4.62. The van der Waals surface area contributed by atoms with Crippen molar-refractivity contribution in [3.05, 3.63) is 40.3 Å². The Labute approximate surface area is 75.6 Å². The SMILES string of the molecule is C1=Cc2cccc3c2=C1C1OC1C=3. The summed E-state index contributed by atoms with van der Waals surface area (Å²) in [5, 5.41) is 2.75. The van der Waals surface area contributed by atoms with E-state index in [1.807, 2.05) is 0 Å². The topological polar surface area (TPSA) is 12.5 Å². The maximum atomic E-state index is 5.55. The monoisotopic (exact) mass is 168 g/mol. The van der Waals surface area contributed by atoms with Crippen molar-refractivity contribution in [2.75, 3.05) is 0 Å². The van der Waals surface area contributed by atoms with Crippen LogP contribution in [0.1, 0.15) is 5.56 Å². The Morgan fingerprint density at radius 1 is 1.15 bits per heavy atom. The van der Waals surface area contributed by atoms with E-state index in [4.69, 9.17) is 4.74 Å².